The molecule has 1 aliphatic rings. The van der Waals surface area contributed by atoms with Gasteiger partial charge < -0.3 is 15.4 Å². The fraction of sp³-hybridized carbons (Fsp3) is 0.409. The fourth-order valence-electron chi connectivity index (χ4n) is 3.85. The van der Waals surface area contributed by atoms with Crippen molar-refractivity contribution < 1.29 is 9.53 Å². The Morgan fingerprint density at radius 2 is 1.96 bits per heavy atom. The summed E-state index contributed by atoms with van der Waals surface area (Å²) >= 11 is 0. The van der Waals surface area contributed by atoms with E-state index in [9.17, 15) is 4.79 Å². The fourth-order valence-corrected chi connectivity index (χ4v) is 3.85. The van der Waals surface area contributed by atoms with Gasteiger partial charge in [-0.1, -0.05) is 42.5 Å². The summed E-state index contributed by atoms with van der Waals surface area (Å²) in [6, 6.07) is 18.3. The van der Waals surface area contributed by atoms with E-state index in [1.54, 1.807) is 12.0 Å². The Labute approximate surface area is 161 Å². The zero-order valence-electron chi connectivity index (χ0n) is 16.2. The smallest absolute Gasteiger partial charge is 0.236 e. The molecule has 2 aromatic rings. The van der Waals surface area contributed by atoms with E-state index in [1.165, 1.54) is 5.56 Å². The Morgan fingerprint density at radius 3 is 2.67 bits per heavy atom. The van der Waals surface area contributed by atoms with Gasteiger partial charge in [0.1, 0.15) is 5.75 Å². The molecule has 1 aliphatic heterocycles. The predicted octanol–water partition coefficient (Wildman–Crippen LogP) is 2.33. The van der Waals surface area contributed by atoms with Gasteiger partial charge in [-0.05, 0) is 35.7 Å². The van der Waals surface area contributed by atoms with Crippen molar-refractivity contribution in [3.63, 3.8) is 0 Å². The van der Waals surface area contributed by atoms with Crippen molar-refractivity contribution in [2.75, 3.05) is 40.3 Å². The number of methoxy groups -OCH3 is 1. The third-order valence-corrected chi connectivity index (χ3v) is 5.39. The first-order chi connectivity index (χ1) is 13.1. The number of amides is 1. The van der Waals surface area contributed by atoms with E-state index < -0.39 is 0 Å². The van der Waals surface area contributed by atoms with Crippen LogP contribution >= 0.6 is 0 Å². The van der Waals surface area contributed by atoms with Gasteiger partial charge >= 0.3 is 0 Å². The standard InChI is InChI=1S/C22H29N3O2/c1-24(13-17-7-6-10-20(11-17)27-2)22(26)16-25-14-19(12-23)21(15-25)18-8-4-3-5-9-18/h3-11,19,21H,12-16,23H2,1-2H3/t19-,21+/m1/s1. The summed E-state index contributed by atoms with van der Waals surface area (Å²) in [4.78, 5) is 16.7. The number of likely N-dealkylation sites (tertiary alicyclic amines) is 1. The highest BCUT2D eigenvalue weighted by Crippen LogP contribution is 2.31. The lowest BCUT2D eigenvalue weighted by Crippen LogP contribution is -2.37. The normalized spacial score (nSPS) is 19.8. The Bertz CT molecular complexity index is 750. The Hall–Kier alpha value is -2.37. The lowest BCUT2D eigenvalue weighted by molar-refractivity contribution is -0.131. The van der Waals surface area contributed by atoms with Crippen molar-refractivity contribution in [3.05, 3.63) is 65.7 Å². The minimum absolute atomic E-state index is 0.127. The van der Waals surface area contributed by atoms with Crippen molar-refractivity contribution in [1.82, 2.24) is 9.80 Å². The number of hydrogen-bond acceptors (Lipinski definition) is 4. The molecule has 1 saturated heterocycles. The molecule has 3 rings (SSSR count). The highest BCUT2D eigenvalue weighted by Gasteiger charge is 2.33. The third kappa shape index (κ3) is 4.87. The molecule has 2 N–H and O–H groups in total. The van der Waals surface area contributed by atoms with Crippen LogP contribution in [0.2, 0.25) is 0 Å². The number of ether oxygens (including phenoxy) is 1. The number of nitrogens with zero attached hydrogens (tertiary/aromatic N) is 2. The molecule has 2 aromatic carbocycles. The van der Waals surface area contributed by atoms with Gasteiger partial charge in [0.05, 0.1) is 13.7 Å². The predicted molar refractivity (Wildman–Crippen MR) is 108 cm³/mol. The highest BCUT2D eigenvalue weighted by molar-refractivity contribution is 5.78. The van der Waals surface area contributed by atoms with Crippen LogP contribution in [0, 0.1) is 5.92 Å². The average Bonchev–Trinajstić information content (AvgIpc) is 3.11. The molecular weight excluding hydrogens is 338 g/mol. The first-order valence-corrected chi connectivity index (χ1v) is 9.45. The minimum atomic E-state index is 0.127. The molecule has 0 aliphatic carbocycles. The second-order valence-corrected chi connectivity index (χ2v) is 7.31. The molecule has 0 unspecified atom stereocenters. The van der Waals surface area contributed by atoms with E-state index in [1.807, 2.05) is 37.4 Å². The summed E-state index contributed by atoms with van der Waals surface area (Å²) in [5.74, 6) is 1.73. The van der Waals surface area contributed by atoms with Crippen molar-refractivity contribution in [3.8, 4) is 5.75 Å². The first kappa shape index (κ1) is 19.4. The summed E-state index contributed by atoms with van der Waals surface area (Å²) < 4.78 is 5.26. The van der Waals surface area contributed by atoms with Crippen molar-refractivity contribution >= 4 is 5.91 Å². The van der Waals surface area contributed by atoms with Crippen LogP contribution in [-0.4, -0.2) is 56.0 Å². The SMILES string of the molecule is COc1cccc(CN(C)C(=O)CN2C[C@@H](CN)[C@H](c3ccccc3)C2)c1. The summed E-state index contributed by atoms with van der Waals surface area (Å²) in [5.41, 5.74) is 8.39. The van der Waals surface area contributed by atoms with Crippen LogP contribution < -0.4 is 10.5 Å². The molecule has 0 aromatic heterocycles. The third-order valence-electron chi connectivity index (χ3n) is 5.39. The largest absolute Gasteiger partial charge is 0.497 e. The van der Waals surface area contributed by atoms with Gasteiger partial charge in [0.25, 0.3) is 0 Å². The molecule has 5 heteroatoms. The van der Waals surface area contributed by atoms with Crippen molar-refractivity contribution in [2.45, 2.75) is 12.5 Å². The summed E-state index contributed by atoms with van der Waals surface area (Å²) in [6.07, 6.45) is 0. The van der Waals surface area contributed by atoms with E-state index in [2.05, 4.69) is 29.2 Å². The monoisotopic (exact) mass is 367 g/mol. The Kier molecular flexibility index (Phi) is 6.48. The van der Waals surface area contributed by atoms with Crippen LogP contribution in [0.5, 0.6) is 5.75 Å². The van der Waals surface area contributed by atoms with Gasteiger partial charge in [0, 0.05) is 32.6 Å². The molecule has 0 bridgehead atoms. The van der Waals surface area contributed by atoms with Gasteiger partial charge in [-0.3, -0.25) is 9.69 Å². The molecule has 0 saturated carbocycles. The number of rotatable bonds is 7. The van der Waals surface area contributed by atoms with Gasteiger partial charge in [-0.15, -0.1) is 0 Å². The van der Waals surface area contributed by atoms with Gasteiger partial charge in [-0.25, -0.2) is 0 Å². The Morgan fingerprint density at radius 1 is 1.19 bits per heavy atom. The number of nitrogens with two attached hydrogens (primary N) is 1. The maximum atomic E-state index is 12.7. The van der Waals surface area contributed by atoms with E-state index in [0.29, 0.717) is 31.5 Å². The van der Waals surface area contributed by atoms with Crippen molar-refractivity contribution in [2.24, 2.45) is 11.7 Å². The van der Waals surface area contributed by atoms with Crippen LogP contribution in [0.15, 0.2) is 54.6 Å². The maximum absolute atomic E-state index is 12.7. The molecule has 1 heterocycles. The summed E-state index contributed by atoms with van der Waals surface area (Å²) in [7, 11) is 3.51. The number of hydrogen-bond donors (Lipinski definition) is 1. The van der Waals surface area contributed by atoms with Crippen LogP contribution in [-0.2, 0) is 11.3 Å². The van der Waals surface area contributed by atoms with E-state index in [4.69, 9.17) is 10.5 Å². The van der Waals surface area contributed by atoms with Gasteiger partial charge in [0.15, 0.2) is 0 Å². The molecule has 0 radical (unpaired) electrons. The molecule has 27 heavy (non-hydrogen) atoms. The molecule has 1 amide bonds. The lowest BCUT2D eigenvalue weighted by atomic mass is 9.89. The molecule has 2 atom stereocenters. The van der Waals surface area contributed by atoms with Crippen LogP contribution in [0.1, 0.15) is 17.0 Å². The average molecular weight is 367 g/mol. The van der Waals surface area contributed by atoms with Gasteiger partial charge in [-0.2, -0.15) is 0 Å². The van der Waals surface area contributed by atoms with Crippen LogP contribution in [0.3, 0.4) is 0 Å². The summed E-state index contributed by atoms with van der Waals surface area (Å²) in [5, 5.41) is 0. The van der Waals surface area contributed by atoms with Crippen molar-refractivity contribution in [1.29, 1.82) is 0 Å². The first-order valence-electron chi connectivity index (χ1n) is 9.45. The molecule has 5 nitrogen and oxygen atoms in total. The molecule has 0 spiro atoms. The minimum Gasteiger partial charge on any atom is -0.497 e. The number of likely N-dealkylation sites (N-methyl/N-ethyl adjacent to an activating group) is 1. The number of carbonyl (C=O) groups excluding carboxylic acids is 1. The maximum Gasteiger partial charge on any atom is 0.236 e. The molecular formula is C22H29N3O2. The number of benzene rings is 2. The Balaban J connectivity index is 1.58. The lowest BCUT2D eigenvalue weighted by Gasteiger charge is -2.22. The van der Waals surface area contributed by atoms with E-state index in [-0.39, 0.29) is 5.91 Å². The number of carbonyl (C=O) groups is 1. The second-order valence-electron chi connectivity index (χ2n) is 7.31. The zero-order chi connectivity index (χ0) is 19.2. The molecule has 1 fully saturated rings. The quantitative estimate of drug-likeness (QED) is 0.816. The highest BCUT2D eigenvalue weighted by atomic mass is 16.5. The van der Waals surface area contributed by atoms with E-state index in [0.717, 1.165) is 24.4 Å². The second kappa shape index (κ2) is 9.02. The van der Waals surface area contributed by atoms with Gasteiger partial charge in [0.2, 0.25) is 5.91 Å². The topological polar surface area (TPSA) is 58.8 Å². The zero-order valence-corrected chi connectivity index (χ0v) is 16.2. The van der Waals surface area contributed by atoms with Crippen LogP contribution in [0.25, 0.3) is 0 Å². The van der Waals surface area contributed by atoms with Crippen LogP contribution in [0.4, 0.5) is 0 Å². The molecule has 144 valence electrons. The van der Waals surface area contributed by atoms with E-state index >= 15 is 0 Å². The summed E-state index contributed by atoms with van der Waals surface area (Å²) in [6.45, 7) is 3.40.